The zero-order chi connectivity index (χ0) is 18.1. The van der Waals surface area contributed by atoms with Crippen LogP contribution in [0.25, 0.3) is 0 Å². The van der Waals surface area contributed by atoms with E-state index in [1.807, 2.05) is 25.1 Å². The molecule has 6 heteroatoms. The van der Waals surface area contributed by atoms with E-state index in [0.717, 1.165) is 35.2 Å². The van der Waals surface area contributed by atoms with Crippen molar-refractivity contribution in [3.05, 3.63) is 70.0 Å². The number of hydrogen-bond donors (Lipinski definition) is 1. The zero-order valence-corrected chi connectivity index (χ0v) is 13.9. The lowest BCUT2D eigenvalue weighted by Crippen LogP contribution is -2.35. The number of halogens is 3. The van der Waals surface area contributed by atoms with Crippen LogP contribution < -0.4 is 5.32 Å². The summed E-state index contributed by atoms with van der Waals surface area (Å²) < 4.78 is 45.4. The minimum absolute atomic E-state index is 0.144. The van der Waals surface area contributed by atoms with E-state index in [4.69, 9.17) is 4.74 Å². The van der Waals surface area contributed by atoms with Gasteiger partial charge in [-0.25, -0.2) is 13.2 Å². The number of amides is 1. The highest BCUT2D eigenvalue weighted by atomic mass is 19.2. The van der Waals surface area contributed by atoms with Crippen molar-refractivity contribution in [1.29, 1.82) is 0 Å². The molecule has 0 spiro atoms. The Morgan fingerprint density at radius 3 is 2.56 bits per heavy atom. The maximum atomic E-state index is 13.4. The van der Waals surface area contributed by atoms with Gasteiger partial charge < -0.3 is 10.1 Å². The highest BCUT2D eigenvalue weighted by molar-refractivity contribution is 5.83. The third-order valence-electron chi connectivity index (χ3n) is 4.34. The minimum atomic E-state index is -1.53. The van der Waals surface area contributed by atoms with Crippen LogP contribution in [0.1, 0.15) is 41.3 Å². The molecule has 1 N–H and O–H groups in total. The second-order valence-electron chi connectivity index (χ2n) is 6.23. The average Bonchev–Trinajstić information content (AvgIpc) is 2.58. The van der Waals surface area contributed by atoms with Gasteiger partial charge >= 0.3 is 0 Å². The van der Waals surface area contributed by atoms with Gasteiger partial charge in [-0.2, -0.15) is 0 Å². The second-order valence-corrected chi connectivity index (χ2v) is 6.23. The first kappa shape index (κ1) is 17.5. The van der Waals surface area contributed by atoms with Crippen molar-refractivity contribution in [2.45, 2.75) is 32.4 Å². The fourth-order valence-electron chi connectivity index (χ4n) is 2.98. The molecule has 0 aliphatic carbocycles. The summed E-state index contributed by atoms with van der Waals surface area (Å²) in [7, 11) is 0. The summed E-state index contributed by atoms with van der Waals surface area (Å²) in [6, 6.07) is 6.91. The fraction of sp³-hybridized carbons (Fsp3) is 0.316. The third-order valence-corrected chi connectivity index (χ3v) is 4.34. The lowest BCUT2D eigenvalue weighted by molar-refractivity contribution is -0.134. The van der Waals surface area contributed by atoms with Crippen molar-refractivity contribution in [2.24, 2.45) is 0 Å². The number of fused-ring (bicyclic) bond motifs is 1. The predicted octanol–water partition coefficient (Wildman–Crippen LogP) is 3.90. The first-order valence-electron chi connectivity index (χ1n) is 8.02. The van der Waals surface area contributed by atoms with E-state index in [9.17, 15) is 18.0 Å². The molecule has 25 heavy (non-hydrogen) atoms. The molecule has 3 rings (SSSR count). The molecule has 2 aromatic rings. The standard InChI is InChI=1S/C19H18F3NO2/c1-10-3-4-12-5-6-25-18(14(12)7-10)19(24)23-11(2)13-8-15(20)17(22)16(21)9-13/h3-4,7-9,11,18H,5-6H2,1-2H3,(H,23,24). The second kappa shape index (κ2) is 6.88. The smallest absolute Gasteiger partial charge is 0.254 e. The summed E-state index contributed by atoms with van der Waals surface area (Å²) >= 11 is 0. The quantitative estimate of drug-likeness (QED) is 0.854. The highest BCUT2D eigenvalue weighted by Gasteiger charge is 2.29. The molecule has 1 amide bonds. The predicted molar refractivity (Wildman–Crippen MR) is 86.4 cm³/mol. The van der Waals surface area contributed by atoms with Crippen LogP contribution in [0.3, 0.4) is 0 Å². The van der Waals surface area contributed by atoms with Crippen molar-refractivity contribution < 1.29 is 22.7 Å². The molecule has 2 atom stereocenters. The van der Waals surface area contributed by atoms with Crippen LogP contribution in [0.15, 0.2) is 30.3 Å². The number of nitrogens with one attached hydrogen (secondary N) is 1. The molecular formula is C19H18F3NO2. The van der Waals surface area contributed by atoms with E-state index in [1.165, 1.54) is 0 Å². The number of aryl methyl sites for hydroxylation is 1. The number of carbonyl (C=O) groups excluding carboxylic acids is 1. The number of hydrogen-bond acceptors (Lipinski definition) is 2. The summed E-state index contributed by atoms with van der Waals surface area (Å²) in [6.45, 7) is 3.92. The molecule has 2 aromatic carbocycles. The Kier molecular flexibility index (Phi) is 4.81. The summed E-state index contributed by atoms with van der Waals surface area (Å²) in [4.78, 5) is 12.6. The maximum absolute atomic E-state index is 13.4. The molecule has 0 bridgehead atoms. The van der Waals surface area contributed by atoms with E-state index in [2.05, 4.69) is 5.32 Å². The van der Waals surface area contributed by atoms with Gasteiger partial charge in [0, 0.05) is 0 Å². The van der Waals surface area contributed by atoms with Gasteiger partial charge in [0.1, 0.15) is 0 Å². The fourth-order valence-corrected chi connectivity index (χ4v) is 2.98. The van der Waals surface area contributed by atoms with Crippen LogP contribution in [0.4, 0.5) is 13.2 Å². The Labute approximate surface area is 143 Å². The van der Waals surface area contributed by atoms with Gasteiger partial charge in [-0.05, 0) is 49.1 Å². The van der Waals surface area contributed by atoms with Gasteiger partial charge in [-0.1, -0.05) is 23.8 Å². The Morgan fingerprint density at radius 2 is 1.88 bits per heavy atom. The molecule has 0 saturated heterocycles. The molecule has 3 nitrogen and oxygen atoms in total. The van der Waals surface area contributed by atoms with Gasteiger partial charge in [0.05, 0.1) is 12.6 Å². The van der Waals surface area contributed by atoms with Crippen LogP contribution in [0.5, 0.6) is 0 Å². The topological polar surface area (TPSA) is 38.3 Å². The van der Waals surface area contributed by atoms with Crippen molar-refractivity contribution in [2.75, 3.05) is 6.61 Å². The van der Waals surface area contributed by atoms with Crippen LogP contribution >= 0.6 is 0 Å². The average molecular weight is 349 g/mol. The summed E-state index contributed by atoms with van der Waals surface area (Å²) in [5.41, 5.74) is 3.00. The van der Waals surface area contributed by atoms with Crippen LogP contribution in [-0.4, -0.2) is 12.5 Å². The molecule has 1 heterocycles. The minimum Gasteiger partial charge on any atom is -0.363 e. The maximum Gasteiger partial charge on any atom is 0.254 e. The van der Waals surface area contributed by atoms with Gasteiger partial charge in [-0.15, -0.1) is 0 Å². The normalized spacial score (nSPS) is 17.7. The molecule has 1 aliphatic rings. The van der Waals surface area contributed by atoms with Gasteiger partial charge in [-0.3, -0.25) is 4.79 Å². The van der Waals surface area contributed by atoms with Gasteiger partial charge in [0.2, 0.25) is 0 Å². The Balaban J connectivity index is 1.80. The Morgan fingerprint density at radius 1 is 1.20 bits per heavy atom. The van der Waals surface area contributed by atoms with Gasteiger partial charge in [0.25, 0.3) is 5.91 Å². The molecule has 0 radical (unpaired) electrons. The third kappa shape index (κ3) is 3.54. The first-order chi connectivity index (χ1) is 11.9. The zero-order valence-electron chi connectivity index (χ0n) is 13.9. The number of ether oxygens (including phenoxy) is 1. The molecular weight excluding hydrogens is 331 g/mol. The molecule has 0 fully saturated rings. The lowest BCUT2D eigenvalue weighted by Gasteiger charge is -2.27. The summed E-state index contributed by atoms with van der Waals surface area (Å²) in [5, 5.41) is 2.68. The van der Waals surface area contributed by atoms with Crippen LogP contribution in [0, 0.1) is 24.4 Å². The van der Waals surface area contributed by atoms with E-state index in [1.54, 1.807) is 6.92 Å². The molecule has 1 aliphatic heterocycles. The van der Waals surface area contributed by atoms with E-state index < -0.39 is 35.5 Å². The molecule has 132 valence electrons. The lowest BCUT2D eigenvalue weighted by atomic mass is 9.95. The van der Waals surface area contributed by atoms with E-state index in [0.29, 0.717) is 6.61 Å². The number of rotatable bonds is 3. The van der Waals surface area contributed by atoms with Crippen molar-refractivity contribution in [3.8, 4) is 0 Å². The Bertz CT molecular complexity index is 799. The van der Waals surface area contributed by atoms with Crippen molar-refractivity contribution in [1.82, 2.24) is 5.32 Å². The van der Waals surface area contributed by atoms with E-state index >= 15 is 0 Å². The monoisotopic (exact) mass is 349 g/mol. The van der Waals surface area contributed by atoms with Crippen molar-refractivity contribution in [3.63, 3.8) is 0 Å². The van der Waals surface area contributed by atoms with Crippen molar-refractivity contribution >= 4 is 5.91 Å². The number of carbonyl (C=O) groups is 1. The molecule has 2 unspecified atom stereocenters. The van der Waals surface area contributed by atoms with E-state index in [-0.39, 0.29) is 5.56 Å². The highest BCUT2D eigenvalue weighted by Crippen LogP contribution is 2.29. The van der Waals surface area contributed by atoms with Crippen LogP contribution in [-0.2, 0) is 16.0 Å². The van der Waals surface area contributed by atoms with Gasteiger partial charge in [0.15, 0.2) is 23.6 Å². The first-order valence-corrected chi connectivity index (χ1v) is 8.02. The number of benzene rings is 2. The largest absolute Gasteiger partial charge is 0.363 e. The molecule has 0 saturated carbocycles. The summed E-state index contributed by atoms with van der Waals surface area (Å²) in [5.74, 6) is -4.50. The van der Waals surface area contributed by atoms with Crippen LogP contribution in [0.2, 0.25) is 0 Å². The molecule has 0 aromatic heterocycles. The SMILES string of the molecule is Cc1ccc2c(c1)C(C(=O)NC(C)c1cc(F)c(F)c(F)c1)OCC2. The summed E-state index contributed by atoms with van der Waals surface area (Å²) in [6.07, 6.45) is -0.0511. The Hall–Kier alpha value is -2.34.